The Hall–Kier alpha value is -0.650. The first kappa shape index (κ1) is 10.4. The van der Waals surface area contributed by atoms with Gasteiger partial charge in [0.2, 0.25) is 5.91 Å². The van der Waals surface area contributed by atoms with Gasteiger partial charge in [-0.2, -0.15) is 0 Å². The highest BCUT2D eigenvalue weighted by atomic mass is 16.5. The number of hydrogen-bond acceptors (Lipinski definition) is 4. The van der Waals surface area contributed by atoms with E-state index < -0.39 is 11.9 Å². The standard InChI is InChI=1S/C8H17N3O2/c1-13-6-2-5(3-6)11-4-7(9)8(10)12/h5-7,11H,2-4,9H2,1H3,(H2,10,12). The molecule has 5 heteroatoms. The summed E-state index contributed by atoms with van der Waals surface area (Å²) in [6.07, 6.45) is 2.34. The monoisotopic (exact) mass is 187 g/mol. The van der Waals surface area contributed by atoms with E-state index >= 15 is 0 Å². The van der Waals surface area contributed by atoms with Crippen molar-refractivity contribution < 1.29 is 9.53 Å². The third-order valence-electron chi connectivity index (χ3n) is 2.42. The second-order valence-corrected chi connectivity index (χ2v) is 3.44. The molecule has 1 aliphatic carbocycles. The zero-order chi connectivity index (χ0) is 9.84. The Morgan fingerprint density at radius 3 is 2.77 bits per heavy atom. The first-order chi connectivity index (χ1) is 6.13. The van der Waals surface area contributed by atoms with E-state index in [1.165, 1.54) is 0 Å². The van der Waals surface area contributed by atoms with Crippen LogP contribution in [-0.4, -0.2) is 37.7 Å². The van der Waals surface area contributed by atoms with Crippen molar-refractivity contribution in [3.63, 3.8) is 0 Å². The summed E-state index contributed by atoms with van der Waals surface area (Å²) in [6, 6.07) is -0.156. The molecule has 1 saturated carbocycles. The van der Waals surface area contributed by atoms with Crippen molar-refractivity contribution in [2.24, 2.45) is 11.5 Å². The SMILES string of the molecule is COC1CC(NCC(N)C(N)=O)C1. The molecule has 0 radical (unpaired) electrons. The van der Waals surface area contributed by atoms with Crippen LogP contribution in [-0.2, 0) is 9.53 Å². The number of methoxy groups -OCH3 is 1. The third kappa shape index (κ3) is 2.95. The highest BCUT2D eigenvalue weighted by Crippen LogP contribution is 2.22. The van der Waals surface area contributed by atoms with E-state index in [4.69, 9.17) is 16.2 Å². The number of primary amides is 1. The van der Waals surface area contributed by atoms with Gasteiger partial charge in [0.05, 0.1) is 12.1 Å². The van der Waals surface area contributed by atoms with E-state index in [1.807, 2.05) is 0 Å². The summed E-state index contributed by atoms with van der Waals surface area (Å²) in [7, 11) is 1.70. The van der Waals surface area contributed by atoms with Gasteiger partial charge in [-0.15, -0.1) is 0 Å². The zero-order valence-corrected chi connectivity index (χ0v) is 7.82. The number of ether oxygens (including phenoxy) is 1. The highest BCUT2D eigenvalue weighted by Gasteiger charge is 2.28. The van der Waals surface area contributed by atoms with Gasteiger partial charge in [-0.05, 0) is 12.8 Å². The van der Waals surface area contributed by atoms with Gasteiger partial charge in [0.15, 0.2) is 0 Å². The Morgan fingerprint density at radius 1 is 1.69 bits per heavy atom. The summed E-state index contributed by atoms with van der Waals surface area (Å²) < 4.78 is 5.11. The van der Waals surface area contributed by atoms with Gasteiger partial charge in [-0.3, -0.25) is 4.79 Å². The fourth-order valence-electron chi connectivity index (χ4n) is 1.32. The van der Waals surface area contributed by atoms with E-state index in [2.05, 4.69) is 5.32 Å². The molecule has 5 nitrogen and oxygen atoms in total. The van der Waals surface area contributed by atoms with Gasteiger partial charge in [0.25, 0.3) is 0 Å². The molecule has 1 amide bonds. The molecule has 0 saturated heterocycles. The average molecular weight is 187 g/mol. The van der Waals surface area contributed by atoms with E-state index in [9.17, 15) is 4.79 Å². The number of hydrogen-bond donors (Lipinski definition) is 3. The summed E-state index contributed by atoms with van der Waals surface area (Å²) in [4.78, 5) is 10.6. The Kier molecular flexibility index (Phi) is 3.65. The number of carbonyl (C=O) groups is 1. The van der Waals surface area contributed by atoms with Crippen LogP contribution in [0.15, 0.2) is 0 Å². The minimum atomic E-state index is -0.582. The lowest BCUT2D eigenvalue weighted by molar-refractivity contribution is -0.119. The molecule has 1 unspecified atom stereocenters. The van der Waals surface area contributed by atoms with Gasteiger partial charge >= 0.3 is 0 Å². The average Bonchev–Trinajstić information content (AvgIpc) is 2.01. The molecule has 0 aromatic carbocycles. The number of rotatable bonds is 5. The number of nitrogens with one attached hydrogen (secondary N) is 1. The zero-order valence-electron chi connectivity index (χ0n) is 7.82. The van der Waals surface area contributed by atoms with E-state index in [0.717, 1.165) is 12.8 Å². The highest BCUT2D eigenvalue weighted by molar-refractivity contribution is 5.79. The molecule has 0 aliphatic heterocycles. The molecule has 0 bridgehead atoms. The smallest absolute Gasteiger partial charge is 0.235 e. The maximum atomic E-state index is 10.6. The lowest BCUT2D eigenvalue weighted by Crippen LogP contribution is -2.51. The number of amides is 1. The second kappa shape index (κ2) is 4.55. The van der Waals surface area contributed by atoms with Crippen molar-refractivity contribution in [1.29, 1.82) is 0 Å². The van der Waals surface area contributed by atoms with Crippen molar-refractivity contribution in [3.8, 4) is 0 Å². The van der Waals surface area contributed by atoms with Crippen molar-refractivity contribution in [3.05, 3.63) is 0 Å². The van der Waals surface area contributed by atoms with Crippen molar-refractivity contribution >= 4 is 5.91 Å². The predicted octanol–water partition coefficient (Wildman–Crippen LogP) is -1.43. The van der Waals surface area contributed by atoms with Crippen molar-refractivity contribution in [2.45, 2.75) is 31.0 Å². The van der Waals surface area contributed by atoms with Crippen molar-refractivity contribution in [1.82, 2.24) is 5.32 Å². The minimum absolute atomic E-state index is 0.363. The molecule has 1 aliphatic rings. The lowest BCUT2D eigenvalue weighted by atomic mass is 9.89. The lowest BCUT2D eigenvalue weighted by Gasteiger charge is -2.35. The fourth-order valence-corrected chi connectivity index (χ4v) is 1.32. The summed E-state index contributed by atoms with van der Waals surface area (Å²) in [6.45, 7) is 0.455. The Morgan fingerprint density at radius 2 is 2.31 bits per heavy atom. The van der Waals surface area contributed by atoms with Crippen LogP contribution in [0.4, 0.5) is 0 Å². The molecule has 13 heavy (non-hydrogen) atoms. The third-order valence-corrected chi connectivity index (χ3v) is 2.42. The molecule has 1 rings (SSSR count). The quantitative estimate of drug-likeness (QED) is 0.492. The summed E-state index contributed by atoms with van der Waals surface area (Å²) in [5, 5.41) is 3.16. The maximum Gasteiger partial charge on any atom is 0.235 e. The molecule has 0 aromatic rings. The van der Waals surface area contributed by atoms with Gasteiger partial charge in [0.1, 0.15) is 0 Å². The summed E-state index contributed by atoms with van der Waals surface area (Å²) in [5.41, 5.74) is 10.4. The Labute approximate surface area is 77.8 Å². The normalized spacial score (nSPS) is 29.4. The molecule has 1 atom stereocenters. The largest absolute Gasteiger partial charge is 0.381 e. The second-order valence-electron chi connectivity index (χ2n) is 3.44. The number of carbonyl (C=O) groups excluding carboxylic acids is 1. The van der Waals surface area contributed by atoms with Crippen LogP contribution in [0, 0.1) is 0 Å². The van der Waals surface area contributed by atoms with Crippen LogP contribution in [0.1, 0.15) is 12.8 Å². The van der Waals surface area contributed by atoms with E-state index in [1.54, 1.807) is 7.11 Å². The minimum Gasteiger partial charge on any atom is -0.381 e. The molecular weight excluding hydrogens is 170 g/mol. The van der Waals surface area contributed by atoms with Crippen LogP contribution in [0.5, 0.6) is 0 Å². The first-order valence-electron chi connectivity index (χ1n) is 4.44. The maximum absolute atomic E-state index is 10.6. The van der Waals surface area contributed by atoms with E-state index in [-0.39, 0.29) is 0 Å². The fraction of sp³-hybridized carbons (Fsp3) is 0.875. The van der Waals surface area contributed by atoms with Gasteiger partial charge < -0.3 is 21.5 Å². The summed E-state index contributed by atoms with van der Waals surface area (Å²) >= 11 is 0. The summed E-state index contributed by atoms with van der Waals surface area (Å²) in [5.74, 6) is -0.463. The Bertz CT molecular complexity index is 180. The van der Waals surface area contributed by atoms with Gasteiger partial charge in [-0.25, -0.2) is 0 Å². The molecule has 5 N–H and O–H groups in total. The Balaban J connectivity index is 2.05. The molecule has 0 spiro atoms. The van der Waals surface area contributed by atoms with Crippen LogP contribution in [0.25, 0.3) is 0 Å². The van der Waals surface area contributed by atoms with Gasteiger partial charge in [0, 0.05) is 19.7 Å². The van der Waals surface area contributed by atoms with Crippen LogP contribution < -0.4 is 16.8 Å². The molecule has 1 fully saturated rings. The predicted molar refractivity (Wildman–Crippen MR) is 49.0 cm³/mol. The molecule has 76 valence electrons. The molecular formula is C8H17N3O2. The first-order valence-corrected chi connectivity index (χ1v) is 4.44. The van der Waals surface area contributed by atoms with Crippen molar-refractivity contribution in [2.75, 3.05) is 13.7 Å². The van der Waals surface area contributed by atoms with Crippen LogP contribution in [0.3, 0.4) is 0 Å². The van der Waals surface area contributed by atoms with Crippen LogP contribution in [0.2, 0.25) is 0 Å². The number of nitrogens with two attached hydrogens (primary N) is 2. The topological polar surface area (TPSA) is 90.4 Å². The molecule has 0 heterocycles. The van der Waals surface area contributed by atoms with E-state index in [0.29, 0.717) is 18.7 Å². The molecule has 0 aromatic heterocycles. The van der Waals surface area contributed by atoms with Gasteiger partial charge in [-0.1, -0.05) is 0 Å². The van der Waals surface area contributed by atoms with Crippen LogP contribution >= 0.6 is 0 Å².